The van der Waals surface area contributed by atoms with E-state index in [4.69, 9.17) is 11.6 Å². The summed E-state index contributed by atoms with van der Waals surface area (Å²) in [7, 11) is -3.90. The zero-order valence-electron chi connectivity index (χ0n) is 23.9. The van der Waals surface area contributed by atoms with E-state index in [-0.39, 0.29) is 24.9 Å². The second-order valence-corrected chi connectivity index (χ2v) is 13.2. The Hall–Kier alpha value is -3.43. The van der Waals surface area contributed by atoms with E-state index in [1.54, 1.807) is 37.3 Å². The number of halogens is 2. The van der Waals surface area contributed by atoms with Crippen molar-refractivity contribution in [2.45, 2.75) is 64.1 Å². The fraction of sp³-hybridized carbons (Fsp3) is 0.375. The van der Waals surface area contributed by atoms with Gasteiger partial charge in [0.1, 0.15) is 18.4 Å². The number of benzene rings is 3. The zero-order chi connectivity index (χ0) is 30.3. The van der Waals surface area contributed by atoms with Gasteiger partial charge in [0.2, 0.25) is 21.8 Å². The van der Waals surface area contributed by atoms with Crippen LogP contribution < -0.4 is 9.62 Å². The molecule has 0 unspecified atom stereocenters. The summed E-state index contributed by atoms with van der Waals surface area (Å²) in [5.41, 5.74) is 2.37. The van der Waals surface area contributed by atoms with Gasteiger partial charge in [0, 0.05) is 24.0 Å². The van der Waals surface area contributed by atoms with Gasteiger partial charge in [-0.25, -0.2) is 12.8 Å². The van der Waals surface area contributed by atoms with Crippen LogP contribution >= 0.6 is 11.6 Å². The number of anilines is 1. The number of sulfonamides is 1. The van der Waals surface area contributed by atoms with Crippen LogP contribution in [0.25, 0.3) is 0 Å². The van der Waals surface area contributed by atoms with E-state index in [0.717, 1.165) is 48.2 Å². The van der Waals surface area contributed by atoms with Crippen molar-refractivity contribution in [2.24, 2.45) is 0 Å². The van der Waals surface area contributed by atoms with E-state index in [2.05, 4.69) is 5.32 Å². The lowest BCUT2D eigenvalue weighted by molar-refractivity contribution is -0.140. The number of hydrogen-bond acceptors (Lipinski definition) is 4. The molecule has 3 aromatic carbocycles. The molecule has 1 aliphatic carbocycles. The Morgan fingerprint density at radius 2 is 1.64 bits per heavy atom. The van der Waals surface area contributed by atoms with Gasteiger partial charge in [-0.05, 0) is 66.8 Å². The molecule has 0 spiro atoms. The molecule has 3 aromatic rings. The third kappa shape index (κ3) is 8.55. The van der Waals surface area contributed by atoms with E-state index in [9.17, 15) is 22.4 Å². The second-order valence-electron chi connectivity index (χ2n) is 10.9. The Kier molecular flexibility index (Phi) is 10.6. The predicted octanol–water partition coefficient (Wildman–Crippen LogP) is 5.64. The predicted molar refractivity (Wildman–Crippen MR) is 164 cm³/mol. The molecule has 0 aromatic heterocycles. The van der Waals surface area contributed by atoms with E-state index in [1.165, 1.54) is 17.0 Å². The van der Waals surface area contributed by atoms with Crippen molar-refractivity contribution in [2.75, 3.05) is 17.1 Å². The fourth-order valence-electron chi connectivity index (χ4n) is 5.38. The molecular weight excluding hydrogens is 577 g/mol. The molecule has 224 valence electrons. The summed E-state index contributed by atoms with van der Waals surface area (Å²) >= 11 is 6.11. The fourth-order valence-corrected chi connectivity index (χ4v) is 6.51. The van der Waals surface area contributed by atoms with Crippen molar-refractivity contribution in [1.82, 2.24) is 10.2 Å². The third-order valence-electron chi connectivity index (χ3n) is 7.60. The normalized spacial score (nSPS) is 14.7. The van der Waals surface area contributed by atoms with Crippen LogP contribution in [0.1, 0.15) is 48.8 Å². The maximum Gasteiger partial charge on any atom is 0.244 e. The molecule has 0 aliphatic heterocycles. The highest BCUT2D eigenvalue weighted by Crippen LogP contribution is 2.27. The van der Waals surface area contributed by atoms with Crippen LogP contribution in [0.2, 0.25) is 5.02 Å². The number of amides is 2. The summed E-state index contributed by atoms with van der Waals surface area (Å²) in [6, 6.07) is 19.0. The molecule has 1 fully saturated rings. The minimum atomic E-state index is -3.90. The summed E-state index contributed by atoms with van der Waals surface area (Å²) in [6.45, 7) is 1.19. The van der Waals surface area contributed by atoms with E-state index < -0.39 is 34.3 Å². The highest BCUT2D eigenvalue weighted by atomic mass is 35.5. The van der Waals surface area contributed by atoms with Gasteiger partial charge in [0.25, 0.3) is 0 Å². The first-order valence-electron chi connectivity index (χ1n) is 14.1. The molecule has 42 heavy (non-hydrogen) atoms. The van der Waals surface area contributed by atoms with Gasteiger partial charge < -0.3 is 10.2 Å². The molecular formula is C32H37ClFN3O4S. The SMILES string of the molecule is Cc1cc(Cl)ccc1N(CC(=O)N(Cc1ccc(F)cc1)[C@H](Cc1ccccc1)C(=O)NC1CCCCC1)S(C)(=O)=O. The van der Waals surface area contributed by atoms with Crippen LogP contribution in [0.4, 0.5) is 10.1 Å². The van der Waals surface area contributed by atoms with Crippen molar-refractivity contribution in [3.05, 3.63) is 100 Å². The summed E-state index contributed by atoms with van der Waals surface area (Å²) in [4.78, 5) is 29.5. The van der Waals surface area contributed by atoms with Crippen LogP contribution in [0, 0.1) is 12.7 Å². The molecule has 1 aliphatic rings. The molecule has 0 radical (unpaired) electrons. The topological polar surface area (TPSA) is 86.8 Å². The highest BCUT2D eigenvalue weighted by molar-refractivity contribution is 7.92. The number of hydrogen-bond donors (Lipinski definition) is 1. The van der Waals surface area contributed by atoms with Crippen LogP contribution in [0.3, 0.4) is 0 Å². The van der Waals surface area contributed by atoms with Gasteiger partial charge >= 0.3 is 0 Å². The van der Waals surface area contributed by atoms with E-state index in [1.807, 2.05) is 30.3 Å². The quantitative estimate of drug-likeness (QED) is 0.303. The minimum Gasteiger partial charge on any atom is -0.352 e. The van der Waals surface area contributed by atoms with Gasteiger partial charge in [-0.1, -0.05) is 73.3 Å². The molecule has 10 heteroatoms. The zero-order valence-corrected chi connectivity index (χ0v) is 25.5. The van der Waals surface area contributed by atoms with Crippen molar-refractivity contribution < 1.29 is 22.4 Å². The van der Waals surface area contributed by atoms with E-state index in [0.29, 0.717) is 21.8 Å². The lowest BCUT2D eigenvalue weighted by atomic mass is 9.94. The Morgan fingerprint density at radius 3 is 2.26 bits per heavy atom. The van der Waals surface area contributed by atoms with Gasteiger partial charge in [0.05, 0.1) is 11.9 Å². The third-order valence-corrected chi connectivity index (χ3v) is 8.96. The van der Waals surface area contributed by atoms with Crippen LogP contribution in [0.5, 0.6) is 0 Å². The van der Waals surface area contributed by atoms with Crippen molar-refractivity contribution >= 4 is 39.1 Å². The Labute approximate surface area is 252 Å². The molecule has 1 saturated carbocycles. The van der Waals surface area contributed by atoms with Gasteiger partial charge in [-0.15, -0.1) is 0 Å². The standard InChI is InChI=1S/C32H37ClFN3O4S/c1-23-19-26(33)15-18-29(23)37(42(2,40)41)22-31(38)36(21-25-13-16-27(34)17-14-25)30(20-24-9-5-3-6-10-24)32(39)35-28-11-7-4-8-12-28/h3,5-6,9-10,13-19,28,30H,4,7-8,11-12,20-22H2,1-2H3,(H,35,39)/t30-/m1/s1. The highest BCUT2D eigenvalue weighted by Gasteiger charge is 2.34. The summed E-state index contributed by atoms with van der Waals surface area (Å²) < 4.78 is 40.7. The summed E-state index contributed by atoms with van der Waals surface area (Å²) in [5, 5.41) is 3.60. The lowest BCUT2D eigenvalue weighted by Crippen LogP contribution is -2.55. The van der Waals surface area contributed by atoms with Gasteiger partial charge in [-0.3, -0.25) is 13.9 Å². The number of carbonyl (C=O) groups excluding carboxylic acids is 2. The number of rotatable bonds is 11. The van der Waals surface area contributed by atoms with Crippen molar-refractivity contribution in [3.8, 4) is 0 Å². The van der Waals surface area contributed by atoms with Crippen molar-refractivity contribution in [3.63, 3.8) is 0 Å². The second kappa shape index (κ2) is 14.2. The Morgan fingerprint density at radius 1 is 0.976 bits per heavy atom. The monoisotopic (exact) mass is 613 g/mol. The van der Waals surface area contributed by atoms with Crippen LogP contribution in [0.15, 0.2) is 72.8 Å². The average molecular weight is 614 g/mol. The minimum absolute atomic E-state index is 0.00803. The average Bonchev–Trinajstić information content (AvgIpc) is 2.95. The molecule has 0 bridgehead atoms. The summed E-state index contributed by atoms with van der Waals surface area (Å²) in [5.74, 6) is -1.28. The molecule has 7 nitrogen and oxygen atoms in total. The Bertz CT molecular complexity index is 1480. The number of nitrogens with one attached hydrogen (secondary N) is 1. The number of carbonyl (C=O) groups is 2. The lowest BCUT2D eigenvalue weighted by Gasteiger charge is -2.35. The summed E-state index contributed by atoms with van der Waals surface area (Å²) in [6.07, 6.45) is 6.18. The molecule has 1 N–H and O–H groups in total. The van der Waals surface area contributed by atoms with Crippen molar-refractivity contribution in [1.29, 1.82) is 0 Å². The van der Waals surface area contributed by atoms with Gasteiger partial charge in [-0.2, -0.15) is 0 Å². The first-order chi connectivity index (χ1) is 20.0. The van der Waals surface area contributed by atoms with E-state index >= 15 is 0 Å². The largest absolute Gasteiger partial charge is 0.352 e. The molecule has 1 atom stereocenters. The van der Waals surface area contributed by atoms with Crippen LogP contribution in [-0.2, 0) is 32.6 Å². The molecule has 0 heterocycles. The number of nitrogens with zero attached hydrogens (tertiary/aromatic N) is 2. The molecule has 0 saturated heterocycles. The first-order valence-corrected chi connectivity index (χ1v) is 16.4. The maximum absolute atomic E-state index is 14.2. The van der Waals surface area contributed by atoms with Gasteiger partial charge in [0.15, 0.2) is 0 Å². The smallest absolute Gasteiger partial charge is 0.244 e. The number of aryl methyl sites for hydroxylation is 1. The van der Waals surface area contributed by atoms with Crippen LogP contribution in [-0.4, -0.2) is 50.0 Å². The first kappa shape index (κ1) is 31.5. The molecule has 2 amide bonds. The molecule has 4 rings (SSSR count). The maximum atomic E-state index is 14.2. The Balaban J connectivity index is 1.73.